The van der Waals surface area contributed by atoms with E-state index in [1.807, 2.05) is 18.8 Å². The van der Waals surface area contributed by atoms with Crippen LogP contribution in [-0.4, -0.2) is 41.0 Å². The lowest BCUT2D eigenvalue weighted by molar-refractivity contribution is -0.0192. The van der Waals surface area contributed by atoms with E-state index < -0.39 is 14.1 Å². The van der Waals surface area contributed by atoms with E-state index in [0.717, 1.165) is 6.42 Å². The second kappa shape index (κ2) is 6.81. The summed E-state index contributed by atoms with van der Waals surface area (Å²) in [5, 5.41) is 0. The van der Waals surface area contributed by atoms with Gasteiger partial charge in [0.15, 0.2) is 8.45 Å². The molecular weight excluding hydrogens is 295 g/mol. The van der Waals surface area contributed by atoms with Gasteiger partial charge in [-0.3, -0.25) is 24.5 Å². The number of aryl methyl sites for hydroxylation is 1. The van der Waals surface area contributed by atoms with Gasteiger partial charge in [0, 0.05) is 11.8 Å². The van der Waals surface area contributed by atoms with Crippen molar-refractivity contribution in [3.63, 3.8) is 0 Å². The number of nitrogens with two attached hydrogens (primary N) is 1. The Balaban J connectivity index is 1.98. The fraction of sp³-hybridized carbons (Fsp3) is 0.667. The van der Waals surface area contributed by atoms with Crippen molar-refractivity contribution in [2.45, 2.75) is 32.1 Å². The second-order valence-corrected chi connectivity index (χ2v) is 6.88. The Morgan fingerprint density at radius 2 is 2.24 bits per heavy atom. The van der Waals surface area contributed by atoms with Gasteiger partial charge in [0.25, 0.3) is 5.56 Å². The molecule has 2 rings (SSSR count). The molecule has 118 valence electrons. The van der Waals surface area contributed by atoms with Crippen LogP contribution in [0.4, 0.5) is 0 Å². The second-order valence-electron chi connectivity index (χ2n) is 5.21. The minimum atomic E-state index is -1.10. The lowest BCUT2D eigenvalue weighted by Crippen LogP contribution is -2.33. The third-order valence-corrected chi connectivity index (χ3v) is 4.53. The fourth-order valence-corrected chi connectivity index (χ4v) is 2.64. The molecule has 1 aliphatic heterocycles. The molecule has 3 atom stereocenters. The predicted octanol–water partition coefficient (Wildman–Crippen LogP) is 0.286. The summed E-state index contributed by atoms with van der Waals surface area (Å²) in [6.07, 6.45) is 2.55. The lowest BCUT2D eigenvalue weighted by Gasteiger charge is -2.21. The zero-order valence-corrected chi connectivity index (χ0v) is 13.3. The Morgan fingerprint density at radius 3 is 2.90 bits per heavy atom. The van der Waals surface area contributed by atoms with Crippen molar-refractivity contribution in [2.75, 3.05) is 20.7 Å². The number of ether oxygens (including phenoxy) is 1. The van der Waals surface area contributed by atoms with Crippen LogP contribution in [0, 0.1) is 6.92 Å². The van der Waals surface area contributed by atoms with Crippen molar-refractivity contribution in [1.82, 2.24) is 14.2 Å². The summed E-state index contributed by atoms with van der Waals surface area (Å²) in [5.41, 5.74) is 5.48. The quantitative estimate of drug-likeness (QED) is 0.757. The number of hydrogen-bond donors (Lipinski definition) is 2. The number of H-pyrrole nitrogens is 1. The first-order valence-corrected chi connectivity index (χ1v) is 7.99. The molecule has 1 saturated heterocycles. The van der Waals surface area contributed by atoms with Crippen molar-refractivity contribution in [3.05, 3.63) is 32.6 Å². The molecule has 0 aromatic carbocycles. The van der Waals surface area contributed by atoms with Crippen LogP contribution in [0.15, 0.2) is 15.8 Å². The maximum Gasteiger partial charge on any atom is 0.330 e. The average molecular weight is 316 g/mol. The normalized spacial score (nSPS) is 23.7. The largest absolute Gasteiger partial charge is 0.352 e. The van der Waals surface area contributed by atoms with Crippen LogP contribution in [0.1, 0.15) is 24.6 Å². The average Bonchev–Trinajstić information content (AvgIpc) is 2.88. The lowest BCUT2D eigenvalue weighted by atomic mass is 10.2. The molecule has 0 aliphatic carbocycles. The fourth-order valence-electron chi connectivity index (χ4n) is 2.09. The molecule has 1 aromatic rings. The first kappa shape index (κ1) is 16.3. The van der Waals surface area contributed by atoms with Crippen LogP contribution in [0.5, 0.6) is 0 Å². The van der Waals surface area contributed by atoms with Crippen molar-refractivity contribution in [2.24, 2.45) is 5.50 Å². The zero-order valence-electron chi connectivity index (χ0n) is 12.4. The van der Waals surface area contributed by atoms with Crippen molar-refractivity contribution < 1.29 is 9.26 Å². The molecule has 0 spiro atoms. The van der Waals surface area contributed by atoms with Gasteiger partial charge in [-0.25, -0.2) is 4.79 Å². The molecule has 8 nitrogen and oxygen atoms in total. The van der Waals surface area contributed by atoms with Crippen LogP contribution < -0.4 is 16.8 Å². The number of nitrogens with one attached hydrogen (secondary N) is 1. The topological polar surface area (TPSA) is 103 Å². The molecular formula is C12H21N4O4P. The van der Waals surface area contributed by atoms with E-state index >= 15 is 0 Å². The van der Waals surface area contributed by atoms with Crippen molar-refractivity contribution in [3.8, 4) is 0 Å². The van der Waals surface area contributed by atoms with E-state index in [1.54, 1.807) is 6.92 Å². The van der Waals surface area contributed by atoms with Crippen LogP contribution in [0.2, 0.25) is 0 Å². The van der Waals surface area contributed by atoms with Crippen molar-refractivity contribution in [1.29, 1.82) is 0 Å². The smallest absolute Gasteiger partial charge is 0.330 e. The minimum absolute atomic E-state index is 0.0948. The van der Waals surface area contributed by atoms with Crippen molar-refractivity contribution >= 4 is 8.45 Å². The van der Waals surface area contributed by atoms with Gasteiger partial charge in [0.2, 0.25) is 0 Å². The highest BCUT2D eigenvalue weighted by Crippen LogP contribution is 2.33. The molecule has 3 unspecified atom stereocenters. The maximum absolute atomic E-state index is 11.8. The van der Waals surface area contributed by atoms with E-state index in [2.05, 4.69) is 4.98 Å². The molecule has 0 saturated carbocycles. The summed E-state index contributed by atoms with van der Waals surface area (Å²) in [6.45, 7) is 2.05. The molecule has 2 heterocycles. The Labute approximate surface area is 123 Å². The molecule has 21 heavy (non-hydrogen) atoms. The molecule has 0 bridgehead atoms. The maximum atomic E-state index is 11.8. The SMILES string of the molecule is Cc1cn(C2CCC(COP(N)N(C)C)O2)c(=O)[nH]c1=O. The Hall–Kier alpha value is -1.05. The predicted molar refractivity (Wildman–Crippen MR) is 80.0 cm³/mol. The molecule has 0 radical (unpaired) electrons. The summed E-state index contributed by atoms with van der Waals surface area (Å²) < 4.78 is 14.6. The number of nitrogens with zero attached hydrogens (tertiary/aromatic N) is 2. The number of hydrogen-bond acceptors (Lipinski definition) is 6. The third kappa shape index (κ3) is 3.99. The highest BCUT2D eigenvalue weighted by Gasteiger charge is 2.28. The zero-order chi connectivity index (χ0) is 15.6. The van der Waals surface area contributed by atoms with Gasteiger partial charge in [0.05, 0.1) is 12.7 Å². The Morgan fingerprint density at radius 1 is 1.52 bits per heavy atom. The molecule has 1 fully saturated rings. The Bertz CT molecular complexity index is 600. The number of rotatable bonds is 5. The van der Waals surface area contributed by atoms with E-state index in [9.17, 15) is 9.59 Å². The van der Waals surface area contributed by atoms with E-state index in [1.165, 1.54) is 10.8 Å². The van der Waals surface area contributed by atoms with Gasteiger partial charge in [-0.1, -0.05) is 0 Å². The van der Waals surface area contributed by atoms with Gasteiger partial charge in [-0.2, -0.15) is 0 Å². The summed E-state index contributed by atoms with van der Waals surface area (Å²) >= 11 is 0. The van der Waals surface area contributed by atoms with Gasteiger partial charge in [-0.05, 0) is 33.9 Å². The standard InChI is InChI=1S/C12H21N4O4P/c1-8-6-16(12(18)14-11(8)17)10-5-4-9(20-10)7-19-21(13)15(2)3/h6,9-10H,4-5,7,13H2,1-3H3,(H,14,17,18). The summed E-state index contributed by atoms with van der Waals surface area (Å²) in [6, 6.07) is 0. The molecule has 1 aliphatic rings. The van der Waals surface area contributed by atoms with E-state index in [4.69, 9.17) is 14.8 Å². The van der Waals surface area contributed by atoms with Crippen LogP contribution in [0.25, 0.3) is 0 Å². The van der Waals surface area contributed by atoms with Gasteiger partial charge in [-0.15, -0.1) is 0 Å². The van der Waals surface area contributed by atoms with Crippen LogP contribution >= 0.6 is 8.45 Å². The molecule has 3 N–H and O–H groups in total. The van der Waals surface area contributed by atoms with Gasteiger partial charge >= 0.3 is 5.69 Å². The van der Waals surface area contributed by atoms with Crippen LogP contribution in [0.3, 0.4) is 0 Å². The van der Waals surface area contributed by atoms with Crippen LogP contribution in [-0.2, 0) is 9.26 Å². The monoisotopic (exact) mass is 316 g/mol. The van der Waals surface area contributed by atoms with E-state index in [-0.39, 0.29) is 17.9 Å². The number of aromatic amines is 1. The van der Waals surface area contributed by atoms with Gasteiger partial charge in [0.1, 0.15) is 6.23 Å². The molecule has 0 amide bonds. The Kier molecular flexibility index (Phi) is 5.29. The first-order valence-electron chi connectivity index (χ1n) is 6.71. The first-order chi connectivity index (χ1) is 9.88. The minimum Gasteiger partial charge on any atom is -0.352 e. The molecule has 9 heteroatoms. The summed E-state index contributed by atoms with van der Waals surface area (Å²) in [5.74, 6) is 0. The van der Waals surface area contributed by atoms with Gasteiger partial charge < -0.3 is 9.26 Å². The molecule has 1 aromatic heterocycles. The highest BCUT2D eigenvalue weighted by molar-refractivity contribution is 7.47. The summed E-state index contributed by atoms with van der Waals surface area (Å²) in [4.78, 5) is 25.5. The number of aromatic nitrogens is 2. The third-order valence-electron chi connectivity index (χ3n) is 3.33. The highest BCUT2D eigenvalue weighted by atomic mass is 31.2. The van der Waals surface area contributed by atoms with E-state index in [0.29, 0.717) is 18.6 Å². The summed E-state index contributed by atoms with van der Waals surface area (Å²) in [7, 11) is 2.61.